The molecule has 236 valence electrons. The van der Waals surface area contributed by atoms with E-state index in [4.69, 9.17) is 14.6 Å². The standard InChI is InChI=1S/C33H53IN2O4SSi/c1-11-12-13-28(32-30(39-7)23-27(24-31(32)40-8)22-26(3)18-20-34)19-21-35-36(42(9,10)33(4,5)6)41(37,38)29-16-14-25(2)15-17-29/h14-17,21,23-24,26,28H,11-13,18-20,22H2,1-10H3/b35-21+/t26-,28+/m1/s1. The SMILES string of the molecule is CCCC[C@@H](C/C=N/N([Si](C)(C)C(C)(C)C)S(=O)(=O)c1ccc(C)cc1)c1c(OC)cc(C[C@H](C)CCI)cc1OC. The van der Waals surface area contributed by atoms with Gasteiger partial charge in [0.1, 0.15) is 11.5 Å². The largest absolute Gasteiger partial charge is 0.496 e. The Labute approximate surface area is 270 Å². The number of nitrogens with zero attached hydrogens (tertiary/aromatic N) is 2. The van der Waals surface area contributed by atoms with Gasteiger partial charge in [-0.2, -0.15) is 5.10 Å². The van der Waals surface area contributed by atoms with Crippen LogP contribution in [-0.2, 0) is 16.4 Å². The van der Waals surface area contributed by atoms with Crippen LogP contribution in [0.2, 0.25) is 18.1 Å². The van der Waals surface area contributed by atoms with E-state index in [1.54, 1.807) is 26.4 Å². The van der Waals surface area contributed by atoms with Crippen LogP contribution in [-0.4, -0.2) is 45.6 Å². The smallest absolute Gasteiger partial charge is 0.271 e. The molecule has 0 N–H and O–H groups in total. The number of halogens is 1. The van der Waals surface area contributed by atoms with Crippen LogP contribution in [0.4, 0.5) is 0 Å². The Balaban J connectivity index is 2.56. The normalized spacial score (nSPS) is 14.2. The van der Waals surface area contributed by atoms with Gasteiger partial charge in [-0.05, 0) is 96.8 Å². The number of methoxy groups -OCH3 is 2. The molecule has 0 heterocycles. The Bertz CT molecular complexity index is 1250. The van der Waals surface area contributed by atoms with Crippen molar-refractivity contribution in [3.8, 4) is 11.5 Å². The lowest BCUT2D eigenvalue weighted by Crippen LogP contribution is -2.54. The van der Waals surface area contributed by atoms with Crippen LogP contribution in [0.15, 0.2) is 46.4 Å². The third kappa shape index (κ3) is 9.21. The van der Waals surface area contributed by atoms with Crippen molar-refractivity contribution in [1.82, 2.24) is 4.08 Å². The predicted octanol–water partition coefficient (Wildman–Crippen LogP) is 9.36. The molecule has 0 saturated heterocycles. The maximum Gasteiger partial charge on any atom is 0.271 e. The molecule has 2 atom stereocenters. The van der Waals surface area contributed by atoms with Gasteiger partial charge in [0, 0.05) is 11.8 Å². The van der Waals surface area contributed by atoms with Gasteiger partial charge in [-0.1, -0.05) is 87.7 Å². The fourth-order valence-electron chi connectivity index (χ4n) is 4.89. The second-order valence-electron chi connectivity index (χ2n) is 12.9. The van der Waals surface area contributed by atoms with Gasteiger partial charge in [0.15, 0.2) is 0 Å². The molecule has 6 nitrogen and oxygen atoms in total. The van der Waals surface area contributed by atoms with Gasteiger partial charge in [-0.25, -0.2) is 12.5 Å². The predicted molar refractivity (Wildman–Crippen MR) is 189 cm³/mol. The summed E-state index contributed by atoms with van der Waals surface area (Å²) in [6.07, 6.45) is 7.53. The van der Waals surface area contributed by atoms with Crippen molar-refractivity contribution in [1.29, 1.82) is 0 Å². The van der Waals surface area contributed by atoms with Crippen LogP contribution < -0.4 is 9.47 Å². The highest BCUT2D eigenvalue weighted by atomic mass is 127. The fraction of sp³-hybridized carbons (Fsp3) is 0.606. The third-order valence-corrected chi connectivity index (χ3v) is 17.4. The molecule has 0 aliphatic rings. The Hall–Kier alpha value is -1.59. The molecule has 0 fully saturated rings. The summed E-state index contributed by atoms with van der Waals surface area (Å²) in [5.74, 6) is 2.30. The van der Waals surface area contributed by atoms with Crippen molar-refractivity contribution in [2.75, 3.05) is 18.6 Å². The first-order valence-corrected chi connectivity index (χ1v) is 21.0. The highest BCUT2D eigenvalue weighted by molar-refractivity contribution is 14.1. The van der Waals surface area contributed by atoms with Gasteiger partial charge in [-0.3, -0.25) is 0 Å². The third-order valence-electron chi connectivity index (χ3n) is 8.54. The number of hydrazone groups is 1. The van der Waals surface area contributed by atoms with E-state index in [-0.39, 0.29) is 15.9 Å². The highest BCUT2D eigenvalue weighted by Gasteiger charge is 2.47. The Morgan fingerprint density at radius 2 is 1.62 bits per heavy atom. The van der Waals surface area contributed by atoms with Crippen molar-refractivity contribution >= 4 is 47.1 Å². The molecule has 0 spiro atoms. The quantitative estimate of drug-likeness (QED) is 0.0568. The first kappa shape index (κ1) is 36.6. The minimum atomic E-state index is -3.84. The highest BCUT2D eigenvalue weighted by Crippen LogP contribution is 2.43. The van der Waals surface area contributed by atoms with E-state index in [1.165, 1.54) is 16.1 Å². The van der Waals surface area contributed by atoms with E-state index in [1.807, 2.05) is 25.3 Å². The van der Waals surface area contributed by atoms with E-state index >= 15 is 0 Å². The number of hydrogen-bond acceptors (Lipinski definition) is 5. The van der Waals surface area contributed by atoms with Gasteiger partial charge in [-0.15, -0.1) is 0 Å². The number of hydrogen-bond donors (Lipinski definition) is 0. The lowest BCUT2D eigenvalue weighted by Gasteiger charge is -2.42. The molecule has 2 aromatic rings. The van der Waals surface area contributed by atoms with Crippen LogP contribution in [0, 0.1) is 12.8 Å². The van der Waals surface area contributed by atoms with Crippen molar-refractivity contribution in [2.45, 2.75) is 109 Å². The molecule has 0 amide bonds. The summed E-state index contributed by atoms with van der Waals surface area (Å²) in [5, 5.41) is 4.56. The number of alkyl halides is 1. The summed E-state index contributed by atoms with van der Waals surface area (Å²) in [6.45, 7) is 16.9. The topological polar surface area (TPSA) is 68.2 Å². The molecule has 42 heavy (non-hydrogen) atoms. The molecule has 0 aliphatic carbocycles. The van der Waals surface area contributed by atoms with Crippen molar-refractivity contribution in [3.05, 3.63) is 53.1 Å². The summed E-state index contributed by atoms with van der Waals surface area (Å²) in [6, 6.07) is 11.4. The summed E-state index contributed by atoms with van der Waals surface area (Å²) < 4.78 is 42.6. The minimum absolute atomic E-state index is 0.0720. The van der Waals surface area contributed by atoms with Crippen LogP contribution in [0.1, 0.15) is 89.3 Å². The Morgan fingerprint density at radius 1 is 1.05 bits per heavy atom. The van der Waals surface area contributed by atoms with Gasteiger partial charge in [0.05, 0.1) is 19.1 Å². The average molecular weight is 729 g/mol. The zero-order valence-electron chi connectivity index (χ0n) is 27.5. The first-order valence-electron chi connectivity index (χ1n) is 15.1. The second-order valence-corrected chi connectivity index (χ2v) is 21.2. The number of sulfonamides is 1. The maximum atomic E-state index is 14.0. The lowest BCUT2D eigenvalue weighted by atomic mass is 9.87. The van der Waals surface area contributed by atoms with Gasteiger partial charge in [0.25, 0.3) is 10.0 Å². The average Bonchev–Trinajstić information content (AvgIpc) is 2.91. The summed E-state index contributed by atoms with van der Waals surface area (Å²) >= 11 is 2.44. The molecule has 0 radical (unpaired) electrons. The van der Waals surface area contributed by atoms with E-state index in [0.717, 1.165) is 52.7 Å². The zero-order valence-corrected chi connectivity index (χ0v) is 31.4. The number of aryl methyl sites for hydroxylation is 1. The van der Waals surface area contributed by atoms with Crippen LogP contribution in [0.25, 0.3) is 0 Å². The van der Waals surface area contributed by atoms with Crippen LogP contribution in [0.5, 0.6) is 11.5 Å². The second kappa shape index (κ2) is 15.9. The lowest BCUT2D eigenvalue weighted by molar-refractivity contribution is 0.374. The van der Waals surface area contributed by atoms with Gasteiger partial charge >= 0.3 is 0 Å². The van der Waals surface area contributed by atoms with Crippen LogP contribution >= 0.6 is 22.6 Å². The molecule has 0 saturated carbocycles. The van der Waals surface area contributed by atoms with Gasteiger partial charge in [0.2, 0.25) is 8.24 Å². The van der Waals surface area contributed by atoms with Crippen molar-refractivity contribution in [2.24, 2.45) is 11.0 Å². The monoisotopic (exact) mass is 728 g/mol. The molecular weight excluding hydrogens is 675 g/mol. The van der Waals surface area contributed by atoms with E-state index in [2.05, 4.69) is 82.4 Å². The van der Waals surface area contributed by atoms with E-state index < -0.39 is 18.3 Å². The van der Waals surface area contributed by atoms with Crippen LogP contribution in [0.3, 0.4) is 0 Å². The van der Waals surface area contributed by atoms with E-state index in [9.17, 15) is 8.42 Å². The van der Waals surface area contributed by atoms with Gasteiger partial charge < -0.3 is 9.47 Å². The number of ether oxygens (including phenoxy) is 2. The zero-order chi connectivity index (χ0) is 31.7. The number of rotatable bonds is 16. The molecular formula is C33H53IN2O4SSi. The van der Waals surface area contributed by atoms with Crippen molar-refractivity contribution < 1.29 is 17.9 Å². The summed E-state index contributed by atoms with van der Waals surface area (Å²) in [4.78, 5) is 0.272. The molecule has 0 bridgehead atoms. The molecule has 0 aliphatic heterocycles. The molecule has 9 heteroatoms. The number of benzene rings is 2. The molecule has 2 aromatic carbocycles. The minimum Gasteiger partial charge on any atom is -0.496 e. The maximum absolute atomic E-state index is 14.0. The van der Waals surface area contributed by atoms with E-state index in [0.29, 0.717) is 12.3 Å². The molecule has 0 aromatic heterocycles. The summed E-state index contributed by atoms with van der Waals surface area (Å²) in [5.41, 5.74) is 3.26. The first-order chi connectivity index (χ1) is 19.6. The molecule has 0 unspecified atom stereocenters. The molecule has 2 rings (SSSR count). The fourth-order valence-corrected chi connectivity index (χ4v) is 11.3. The Morgan fingerprint density at radius 3 is 2.10 bits per heavy atom. The number of unbranched alkanes of at least 4 members (excludes halogenated alkanes) is 1. The summed E-state index contributed by atoms with van der Waals surface area (Å²) in [7, 11) is -3.02. The van der Waals surface area contributed by atoms with Crippen molar-refractivity contribution in [3.63, 3.8) is 0 Å². The Kier molecular flexibility index (Phi) is 13.9.